The first-order valence-electron chi connectivity index (χ1n) is 8.23. The van der Waals surface area contributed by atoms with E-state index in [0.717, 1.165) is 11.3 Å². The van der Waals surface area contributed by atoms with E-state index in [1.165, 1.54) is 24.3 Å². The lowest BCUT2D eigenvalue weighted by atomic mass is 10.2. The topological polar surface area (TPSA) is 94.3 Å². The Labute approximate surface area is 156 Å². The lowest BCUT2D eigenvalue weighted by Crippen LogP contribution is -2.24. The number of sulfonamides is 1. The average molecular weight is 391 g/mol. The van der Waals surface area contributed by atoms with Crippen LogP contribution in [0.25, 0.3) is 11.4 Å². The number of rotatable bonds is 8. The SMILES string of the molecule is CCOc1ccc(-c2noc(CNS(=O)(=O)Cc3ccc(F)cc3)n2)cc1. The normalized spacial score (nSPS) is 11.5. The molecule has 0 aliphatic carbocycles. The van der Waals surface area contributed by atoms with Crippen LogP contribution >= 0.6 is 0 Å². The Morgan fingerprint density at radius 3 is 2.48 bits per heavy atom. The maximum Gasteiger partial charge on any atom is 0.242 e. The van der Waals surface area contributed by atoms with E-state index in [1.54, 1.807) is 24.3 Å². The number of hydrogen-bond donors (Lipinski definition) is 1. The highest BCUT2D eigenvalue weighted by Crippen LogP contribution is 2.20. The molecule has 3 rings (SSSR count). The van der Waals surface area contributed by atoms with Crippen molar-refractivity contribution in [3.63, 3.8) is 0 Å². The van der Waals surface area contributed by atoms with Crippen molar-refractivity contribution >= 4 is 10.0 Å². The number of halogens is 1. The Kier molecular flexibility index (Phi) is 5.82. The van der Waals surface area contributed by atoms with Gasteiger partial charge in [0.25, 0.3) is 0 Å². The Balaban J connectivity index is 1.60. The third-order valence-corrected chi connectivity index (χ3v) is 4.90. The molecule has 1 aromatic heterocycles. The summed E-state index contributed by atoms with van der Waals surface area (Å²) in [6, 6.07) is 12.4. The lowest BCUT2D eigenvalue weighted by Gasteiger charge is -2.04. The fourth-order valence-corrected chi connectivity index (χ4v) is 3.41. The third kappa shape index (κ3) is 5.35. The van der Waals surface area contributed by atoms with Crippen molar-refractivity contribution in [2.24, 2.45) is 0 Å². The van der Waals surface area contributed by atoms with E-state index in [0.29, 0.717) is 18.0 Å². The Morgan fingerprint density at radius 1 is 1.11 bits per heavy atom. The van der Waals surface area contributed by atoms with Crippen LogP contribution in [0.2, 0.25) is 0 Å². The van der Waals surface area contributed by atoms with Crippen LogP contribution in [-0.4, -0.2) is 25.2 Å². The molecule has 0 saturated heterocycles. The molecule has 2 aromatic carbocycles. The van der Waals surface area contributed by atoms with Crippen LogP contribution in [0.5, 0.6) is 5.75 Å². The molecule has 0 amide bonds. The molecule has 0 fully saturated rings. The van der Waals surface area contributed by atoms with E-state index in [1.807, 2.05) is 6.92 Å². The predicted octanol–water partition coefficient (Wildman–Crippen LogP) is 2.89. The van der Waals surface area contributed by atoms with E-state index >= 15 is 0 Å². The van der Waals surface area contributed by atoms with E-state index in [2.05, 4.69) is 14.9 Å². The van der Waals surface area contributed by atoms with Crippen LogP contribution in [0.4, 0.5) is 4.39 Å². The highest BCUT2D eigenvalue weighted by atomic mass is 32.2. The molecule has 0 unspecified atom stereocenters. The van der Waals surface area contributed by atoms with Crippen molar-refractivity contribution in [2.75, 3.05) is 6.61 Å². The van der Waals surface area contributed by atoms with Crippen molar-refractivity contribution in [1.82, 2.24) is 14.9 Å². The van der Waals surface area contributed by atoms with Crippen LogP contribution in [-0.2, 0) is 22.3 Å². The number of hydrogen-bond acceptors (Lipinski definition) is 6. The predicted molar refractivity (Wildman–Crippen MR) is 96.8 cm³/mol. The number of nitrogens with zero attached hydrogens (tertiary/aromatic N) is 2. The van der Waals surface area contributed by atoms with Crippen LogP contribution in [0.15, 0.2) is 53.1 Å². The van der Waals surface area contributed by atoms with Gasteiger partial charge in [0, 0.05) is 5.56 Å². The van der Waals surface area contributed by atoms with Gasteiger partial charge in [-0.15, -0.1) is 0 Å². The molecule has 7 nitrogen and oxygen atoms in total. The molecule has 0 spiro atoms. The monoisotopic (exact) mass is 391 g/mol. The summed E-state index contributed by atoms with van der Waals surface area (Å²) in [5.74, 6) is 0.537. The minimum absolute atomic E-state index is 0.131. The molecule has 27 heavy (non-hydrogen) atoms. The van der Waals surface area contributed by atoms with Crippen molar-refractivity contribution in [3.8, 4) is 17.1 Å². The second kappa shape index (κ2) is 8.28. The van der Waals surface area contributed by atoms with Crippen LogP contribution in [0.3, 0.4) is 0 Å². The maximum atomic E-state index is 12.9. The van der Waals surface area contributed by atoms with Gasteiger partial charge in [0.05, 0.1) is 18.9 Å². The molecule has 1 N–H and O–H groups in total. The molecule has 0 bridgehead atoms. The van der Waals surface area contributed by atoms with Gasteiger partial charge in [-0.25, -0.2) is 17.5 Å². The largest absolute Gasteiger partial charge is 0.494 e. The summed E-state index contributed by atoms with van der Waals surface area (Å²) in [4.78, 5) is 4.18. The van der Waals surface area contributed by atoms with Crippen LogP contribution in [0.1, 0.15) is 18.4 Å². The van der Waals surface area contributed by atoms with Crippen molar-refractivity contribution in [3.05, 3.63) is 65.8 Å². The van der Waals surface area contributed by atoms with Gasteiger partial charge in [0.15, 0.2) is 0 Å². The second-order valence-corrected chi connectivity index (χ2v) is 7.48. The van der Waals surface area contributed by atoms with Crippen molar-refractivity contribution in [2.45, 2.75) is 19.2 Å². The lowest BCUT2D eigenvalue weighted by molar-refractivity contribution is 0.340. The molecule has 0 atom stereocenters. The van der Waals surface area contributed by atoms with E-state index < -0.39 is 15.8 Å². The number of aromatic nitrogens is 2. The fraction of sp³-hybridized carbons (Fsp3) is 0.222. The van der Waals surface area contributed by atoms with Gasteiger partial charge in [-0.3, -0.25) is 0 Å². The highest BCUT2D eigenvalue weighted by molar-refractivity contribution is 7.88. The summed E-state index contributed by atoms with van der Waals surface area (Å²) >= 11 is 0. The van der Waals surface area contributed by atoms with Gasteiger partial charge < -0.3 is 9.26 Å². The minimum atomic E-state index is -3.63. The molecule has 0 radical (unpaired) electrons. The fourth-order valence-electron chi connectivity index (χ4n) is 2.33. The molecular formula is C18H18FN3O4S. The highest BCUT2D eigenvalue weighted by Gasteiger charge is 2.15. The van der Waals surface area contributed by atoms with E-state index in [-0.39, 0.29) is 18.2 Å². The average Bonchev–Trinajstić information content (AvgIpc) is 3.12. The number of benzene rings is 2. The summed E-state index contributed by atoms with van der Waals surface area (Å²) in [7, 11) is -3.63. The third-order valence-electron chi connectivity index (χ3n) is 3.60. The molecule has 3 aromatic rings. The molecule has 0 aliphatic rings. The summed E-state index contributed by atoms with van der Waals surface area (Å²) in [6.07, 6.45) is 0. The Hall–Kier alpha value is -2.78. The Morgan fingerprint density at radius 2 is 1.81 bits per heavy atom. The number of nitrogens with one attached hydrogen (secondary N) is 1. The molecule has 1 heterocycles. The quantitative estimate of drug-likeness (QED) is 0.635. The van der Waals surface area contributed by atoms with Crippen molar-refractivity contribution in [1.29, 1.82) is 0 Å². The standard InChI is InChI=1S/C18H18FN3O4S/c1-2-25-16-9-5-14(6-10-16)18-21-17(26-22-18)11-20-27(23,24)12-13-3-7-15(19)8-4-13/h3-10,20H,2,11-12H2,1H3. The van der Waals surface area contributed by atoms with Crippen molar-refractivity contribution < 1.29 is 22.1 Å². The first-order chi connectivity index (χ1) is 12.9. The van der Waals surface area contributed by atoms with Gasteiger partial charge in [0.1, 0.15) is 11.6 Å². The van der Waals surface area contributed by atoms with Gasteiger partial charge in [-0.1, -0.05) is 17.3 Å². The second-order valence-electron chi connectivity index (χ2n) is 5.68. The minimum Gasteiger partial charge on any atom is -0.494 e. The zero-order chi connectivity index (χ0) is 19.3. The summed E-state index contributed by atoms with van der Waals surface area (Å²) in [6.45, 7) is 2.34. The molecular weight excluding hydrogens is 373 g/mol. The molecule has 0 aliphatic heterocycles. The van der Waals surface area contributed by atoms with Gasteiger partial charge >= 0.3 is 0 Å². The summed E-state index contributed by atoms with van der Waals surface area (Å²) < 4.78 is 50.0. The van der Waals surface area contributed by atoms with E-state index in [9.17, 15) is 12.8 Å². The first kappa shape index (κ1) is 19.0. The maximum absolute atomic E-state index is 12.9. The smallest absolute Gasteiger partial charge is 0.242 e. The summed E-state index contributed by atoms with van der Waals surface area (Å²) in [5, 5.41) is 3.85. The number of ether oxygens (including phenoxy) is 1. The molecule has 9 heteroatoms. The van der Waals surface area contributed by atoms with Gasteiger partial charge in [-0.2, -0.15) is 4.98 Å². The molecule has 142 valence electrons. The zero-order valence-corrected chi connectivity index (χ0v) is 15.4. The first-order valence-corrected chi connectivity index (χ1v) is 9.88. The summed E-state index contributed by atoms with van der Waals surface area (Å²) in [5.41, 5.74) is 1.20. The van der Waals surface area contributed by atoms with Gasteiger partial charge in [-0.05, 0) is 48.9 Å². The van der Waals surface area contributed by atoms with E-state index in [4.69, 9.17) is 9.26 Å². The van der Waals surface area contributed by atoms with Crippen LogP contribution < -0.4 is 9.46 Å². The Bertz CT molecular complexity index is 986. The van der Waals surface area contributed by atoms with Gasteiger partial charge in [0.2, 0.25) is 21.7 Å². The zero-order valence-electron chi connectivity index (χ0n) is 14.6. The molecule has 0 saturated carbocycles. The van der Waals surface area contributed by atoms with Crippen LogP contribution in [0, 0.1) is 5.82 Å².